The number of aromatic nitrogens is 1. The molecule has 5 nitrogen and oxygen atoms in total. The Balaban J connectivity index is 1.79. The molecule has 1 saturated carbocycles. The van der Waals surface area contributed by atoms with Crippen LogP contribution < -0.4 is 15.6 Å². The van der Waals surface area contributed by atoms with E-state index in [0.717, 1.165) is 22.9 Å². The second kappa shape index (κ2) is 7.04. The van der Waals surface area contributed by atoms with Crippen molar-refractivity contribution in [3.8, 4) is 16.9 Å². The number of nitrogens with zero attached hydrogens (tertiary/aromatic N) is 1. The van der Waals surface area contributed by atoms with E-state index in [1.54, 1.807) is 23.8 Å². The molecule has 1 aromatic carbocycles. The van der Waals surface area contributed by atoms with Gasteiger partial charge in [-0.25, -0.2) is 0 Å². The third kappa shape index (κ3) is 3.09. The van der Waals surface area contributed by atoms with E-state index in [9.17, 15) is 9.59 Å². The van der Waals surface area contributed by atoms with Crippen molar-refractivity contribution >= 4 is 32.8 Å². The Hall–Kier alpha value is -3.12. The van der Waals surface area contributed by atoms with Crippen molar-refractivity contribution in [1.29, 1.82) is 0 Å². The molecule has 0 aliphatic heterocycles. The Morgan fingerprint density at radius 1 is 1.21 bits per heavy atom. The zero-order valence-electron chi connectivity index (χ0n) is 16.0. The van der Waals surface area contributed by atoms with Crippen molar-refractivity contribution < 1.29 is 9.53 Å². The van der Waals surface area contributed by atoms with Gasteiger partial charge in [0.05, 0.1) is 28.5 Å². The Bertz CT molecular complexity index is 1300. The molecule has 0 atom stereocenters. The van der Waals surface area contributed by atoms with E-state index in [4.69, 9.17) is 4.74 Å². The third-order valence-corrected chi connectivity index (χ3v) is 6.37. The lowest BCUT2D eigenvalue weighted by atomic mass is 10.0. The van der Waals surface area contributed by atoms with Crippen LogP contribution in [0.5, 0.6) is 5.75 Å². The van der Waals surface area contributed by atoms with Gasteiger partial charge < -0.3 is 10.1 Å². The summed E-state index contributed by atoms with van der Waals surface area (Å²) >= 11 is 1.54. The summed E-state index contributed by atoms with van der Waals surface area (Å²) in [6.07, 6.45) is 4.08. The maximum Gasteiger partial charge on any atom is 0.263 e. The van der Waals surface area contributed by atoms with Crippen molar-refractivity contribution in [3.63, 3.8) is 0 Å². The highest BCUT2D eigenvalue weighted by Gasteiger charge is 2.24. The molecule has 3 heterocycles. The largest absolute Gasteiger partial charge is 0.496 e. The first kappa shape index (κ1) is 17.9. The summed E-state index contributed by atoms with van der Waals surface area (Å²) in [4.78, 5) is 26.5. The number of para-hydroxylation sites is 1. The van der Waals surface area contributed by atoms with Crippen LogP contribution in [0.15, 0.2) is 58.8 Å². The molecule has 1 aliphatic rings. The molecule has 146 valence electrons. The second-order valence-corrected chi connectivity index (χ2v) is 8.29. The molecule has 29 heavy (non-hydrogen) atoms. The standard InChI is InChI=1S/C23H20N2O3S/c1-28-19-5-3-2-4-16(19)17-12-18(22(26)24-13-14-6-7-14)20-21-15(9-11-29-21)8-10-25(20)23(17)27/h2-5,8-12,14H,6-7,13H2,1H3,(H,24,26). The first-order valence-corrected chi connectivity index (χ1v) is 10.5. The summed E-state index contributed by atoms with van der Waals surface area (Å²) in [7, 11) is 1.58. The molecular formula is C23H20N2O3S. The van der Waals surface area contributed by atoms with Gasteiger partial charge in [0.1, 0.15) is 5.75 Å². The van der Waals surface area contributed by atoms with Crippen LogP contribution in [0.4, 0.5) is 0 Å². The van der Waals surface area contributed by atoms with Crippen LogP contribution in [0.2, 0.25) is 0 Å². The number of carbonyl (C=O) groups is 1. The van der Waals surface area contributed by atoms with Crippen LogP contribution in [0, 0.1) is 5.92 Å². The molecule has 0 saturated heterocycles. The van der Waals surface area contributed by atoms with Crippen molar-refractivity contribution in [2.75, 3.05) is 13.7 Å². The summed E-state index contributed by atoms with van der Waals surface area (Å²) in [6, 6.07) is 13.0. The minimum atomic E-state index is -0.168. The Kier molecular flexibility index (Phi) is 4.36. The number of methoxy groups -OCH3 is 1. The predicted octanol–water partition coefficient (Wildman–Crippen LogP) is 4.33. The van der Waals surface area contributed by atoms with Gasteiger partial charge in [0.15, 0.2) is 0 Å². The van der Waals surface area contributed by atoms with Gasteiger partial charge in [0.25, 0.3) is 11.5 Å². The lowest BCUT2D eigenvalue weighted by molar-refractivity contribution is 0.0953. The van der Waals surface area contributed by atoms with Crippen molar-refractivity contribution in [1.82, 2.24) is 9.72 Å². The van der Waals surface area contributed by atoms with E-state index in [0.29, 0.717) is 40.4 Å². The van der Waals surface area contributed by atoms with Gasteiger partial charge in [0, 0.05) is 18.3 Å². The lowest BCUT2D eigenvalue weighted by Crippen LogP contribution is -2.28. The minimum Gasteiger partial charge on any atom is -0.496 e. The normalized spacial score (nSPS) is 13.7. The fraction of sp³-hybridized carbons (Fsp3) is 0.217. The smallest absolute Gasteiger partial charge is 0.263 e. The average Bonchev–Trinajstić information content (AvgIpc) is 3.46. The quantitative estimate of drug-likeness (QED) is 0.539. The molecule has 4 aromatic rings. The number of benzene rings is 1. The first-order chi connectivity index (χ1) is 14.2. The number of amides is 1. The Morgan fingerprint density at radius 2 is 2.03 bits per heavy atom. The van der Waals surface area contributed by atoms with E-state index in [-0.39, 0.29) is 11.5 Å². The number of fused-ring (bicyclic) bond motifs is 3. The lowest BCUT2D eigenvalue weighted by Gasteiger charge is -2.14. The molecule has 3 aromatic heterocycles. The number of nitrogens with one attached hydrogen (secondary N) is 1. The van der Waals surface area contributed by atoms with E-state index in [2.05, 4.69) is 5.32 Å². The van der Waals surface area contributed by atoms with Crippen LogP contribution in [0.25, 0.3) is 26.7 Å². The van der Waals surface area contributed by atoms with Crippen molar-refractivity contribution in [2.45, 2.75) is 12.8 Å². The summed E-state index contributed by atoms with van der Waals surface area (Å²) in [5.74, 6) is 1.03. The first-order valence-electron chi connectivity index (χ1n) is 9.64. The van der Waals surface area contributed by atoms with Gasteiger partial charge in [-0.05, 0) is 53.8 Å². The Morgan fingerprint density at radius 3 is 2.83 bits per heavy atom. The zero-order chi connectivity index (χ0) is 20.0. The topological polar surface area (TPSA) is 59.8 Å². The SMILES string of the molecule is COc1ccccc1-c1cc(C(=O)NCC2CC2)c2c3sccc3ccn2c1=O. The average molecular weight is 404 g/mol. The number of hydrogen-bond acceptors (Lipinski definition) is 4. The van der Waals surface area contributed by atoms with Crippen LogP contribution in [-0.2, 0) is 0 Å². The van der Waals surface area contributed by atoms with Gasteiger partial charge in [-0.2, -0.15) is 0 Å². The second-order valence-electron chi connectivity index (χ2n) is 7.37. The molecule has 0 spiro atoms. The minimum absolute atomic E-state index is 0.147. The molecule has 1 amide bonds. The van der Waals surface area contributed by atoms with Gasteiger partial charge >= 0.3 is 0 Å². The van der Waals surface area contributed by atoms with E-state index in [1.807, 2.05) is 41.8 Å². The van der Waals surface area contributed by atoms with E-state index in [1.165, 1.54) is 11.3 Å². The fourth-order valence-corrected chi connectivity index (χ4v) is 4.64. The molecule has 0 bridgehead atoms. The number of thiophene rings is 1. The van der Waals surface area contributed by atoms with Crippen LogP contribution in [0.3, 0.4) is 0 Å². The molecule has 0 unspecified atom stereocenters. The number of hydrogen-bond donors (Lipinski definition) is 1. The monoisotopic (exact) mass is 404 g/mol. The maximum absolute atomic E-state index is 13.4. The predicted molar refractivity (Wildman–Crippen MR) is 116 cm³/mol. The van der Waals surface area contributed by atoms with Gasteiger partial charge in [0.2, 0.25) is 0 Å². The third-order valence-electron chi connectivity index (χ3n) is 5.44. The number of carbonyl (C=O) groups excluding carboxylic acids is 1. The van der Waals surface area contributed by atoms with Gasteiger partial charge in [-0.15, -0.1) is 11.3 Å². The maximum atomic E-state index is 13.4. The molecule has 1 aliphatic carbocycles. The van der Waals surface area contributed by atoms with Crippen LogP contribution in [0.1, 0.15) is 23.2 Å². The summed E-state index contributed by atoms with van der Waals surface area (Å²) in [5, 5.41) is 6.06. The van der Waals surface area contributed by atoms with Crippen LogP contribution in [-0.4, -0.2) is 24.0 Å². The summed E-state index contributed by atoms with van der Waals surface area (Å²) < 4.78 is 7.99. The molecule has 1 fully saturated rings. The van der Waals surface area contributed by atoms with Crippen molar-refractivity contribution in [3.05, 3.63) is 70.0 Å². The van der Waals surface area contributed by atoms with E-state index >= 15 is 0 Å². The van der Waals surface area contributed by atoms with Gasteiger partial charge in [-0.3, -0.25) is 14.0 Å². The number of ether oxygens (including phenoxy) is 1. The number of pyridine rings is 2. The summed E-state index contributed by atoms with van der Waals surface area (Å²) in [6.45, 7) is 0.675. The highest BCUT2D eigenvalue weighted by molar-refractivity contribution is 7.18. The molecule has 6 heteroatoms. The highest BCUT2D eigenvalue weighted by Crippen LogP contribution is 2.33. The highest BCUT2D eigenvalue weighted by atomic mass is 32.1. The Labute approximate surface area is 171 Å². The van der Waals surface area contributed by atoms with Crippen molar-refractivity contribution in [2.24, 2.45) is 5.92 Å². The fourth-order valence-electron chi connectivity index (χ4n) is 3.69. The number of rotatable bonds is 5. The van der Waals surface area contributed by atoms with E-state index < -0.39 is 0 Å². The molecule has 0 radical (unpaired) electrons. The molecule has 5 rings (SSSR count). The molecular weight excluding hydrogens is 384 g/mol. The zero-order valence-corrected chi connectivity index (χ0v) is 16.8. The van der Waals surface area contributed by atoms with Crippen LogP contribution >= 0.6 is 11.3 Å². The summed E-state index contributed by atoms with van der Waals surface area (Å²) in [5.41, 5.74) is 2.14. The molecule has 1 N–H and O–H groups in total. The van der Waals surface area contributed by atoms with Gasteiger partial charge in [-0.1, -0.05) is 18.2 Å².